The molecular weight excluding hydrogens is 152 g/mol. The summed E-state index contributed by atoms with van der Waals surface area (Å²) in [6.45, 7) is 4.13. The van der Waals surface area contributed by atoms with E-state index >= 15 is 0 Å². The van der Waals surface area contributed by atoms with Crippen molar-refractivity contribution < 1.29 is 4.79 Å². The Kier molecular flexibility index (Phi) is 2.65. The summed E-state index contributed by atoms with van der Waals surface area (Å²) in [5.41, 5.74) is 1.39. The monoisotopic (exact) mass is 162 g/mol. The molecule has 0 saturated heterocycles. The molecule has 1 rings (SSSR count). The third kappa shape index (κ3) is 1.73. The van der Waals surface area contributed by atoms with Gasteiger partial charge in [0.2, 0.25) is 0 Å². The maximum atomic E-state index is 10.4. The molecule has 12 heavy (non-hydrogen) atoms. The molecule has 1 aromatic heterocycles. The van der Waals surface area contributed by atoms with Crippen LogP contribution in [-0.4, -0.2) is 16.1 Å². The van der Waals surface area contributed by atoms with Gasteiger partial charge in [0.15, 0.2) is 6.29 Å². The van der Waals surface area contributed by atoms with Crippen LogP contribution in [0.5, 0.6) is 0 Å². The maximum absolute atomic E-state index is 10.4. The normalized spacial score (nSPS) is 8.83. The minimum atomic E-state index is 0.547. The molecular formula is C9H10N2O. The van der Waals surface area contributed by atoms with E-state index in [1.807, 2.05) is 0 Å². The Hall–Kier alpha value is -1.56. The van der Waals surface area contributed by atoms with E-state index < -0.39 is 0 Å². The highest BCUT2D eigenvalue weighted by Crippen LogP contribution is 2.00. The van der Waals surface area contributed by atoms with Gasteiger partial charge in [-0.2, -0.15) is 5.10 Å². The van der Waals surface area contributed by atoms with Crippen molar-refractivity contribution in [2.45, 2.75) is 20.4 Å². The van der Waals surface area contributed by atoms with E-state index in [-0.39, 0.29) is 0 Å². The highest BCUT2D eigenvalue weighted by molar-refractivity contribution is 5.75. The van der Waals surface area contributed by atoms with E-state index in [1.54, 1.807) is 24.7 Å². The molecule has 1 heterocycles. The molecule has 62 valence electrons. The maximum Gasteiger partial charge on any atom is 0.153 e. The topological polar surface area (TPSA) is 34.9 Å². The minimum Gasteiger partial charge on any atom is -0.298 e. The van der Waals surface area contributed by atoms with Crippen LogP contribution in [0.2, 0.25) is 0 Å². The zero-order chi connectivity index (χ0) is 8.97. The van der Waals surface area contributed by atoms with Gasteiger partial charge in [0.25, 0.3) is 0 Å². The van der Waals surface area contributed by atoms with Crippen molar-refractivity contribution in [1.82, 2.24) is 9.78 Å². The number of aldehydes is 1. The van der Waals surface area contributed by atoms with Gasteiger partial charge in [0.05, 0.1) is 11.3 Å². The van der Waals surface area contributed by atoms with Crippen molar-refractivity contribution in [3.8, 4) is 11.8 Å². The molecule has 0 saturated carbocycles. The van der Waals surface area contributed by atoms with E-state index in [9.17, 15) is 4.79 Å². The lowest BCUT2D eigenvalue weighted by atomic mass is 10.3. The van der Waals surface area contributed by atoms with E-state index in [0.717, 1.165) is 12.0 Å². The Labute approximate surface area is 71.4 Å². The van der Waals surface area contributed by atoms with Gasteiger partial charge in [-0.1, -0.05) is 5.92 Å². The van der Waals surface area contributed by atoms with Gasteiger partial charge in [-0.05, 0) is 13.8 Å². The molecule has 3 heteroatoms. The van der Waals surface area contributed by atoms with Gasteiger partial charge < -0.3 is 0 Å². The zero-order valence-electron chi connectivity index (χ0n) is 7.16. The van der Waals surface area contributed by atoms with Crippen LogP contribution in [0.25, 0.3) is 0 Å². The first-order valence-electron chi connectivity index (χ1n) is 3.66. The number of hydrogen-bond donors (Lipinski definition) is 0. The molecule has 0 fully saturated rings. The lowest BCUT2D eigenvalue weighted by Crippen LogP contribution is -1.95. The number of rotatable bonds is 2. The Morgan fingerprint density at radius 3 is 3.00 bits per heavy atom. The van der Waals surface area contributed by atoms with Crippen molar-refractivity contribution in [2.75, 3.05) is 0 Å². The standard InChI is InChI=1S/C9H10N2O/c1-3-4-5-11-6-9(7-12)8(2)10-11/h6-7H,5H2,1-2H3. The molecule has 0 aromatic carbocycles. The molecule has 0 spiro atoms. The second-order valence-electron chi connectivity index (χ2n) is 2.41. The lowest BCUT2D eigenvalue weighted by Gasteiger charge is -1.89. The number of carbonyl (C=O) groups excluding carboxylic acids is 1. The Balaban J connectivity index is 2.86. The van der Waals surface area contributed by atoms with E-state index in [4.69, 9.17) is 0 Å². The van der Waals surface area contributed by atoms with Gasteiger partial charge in [-0.3, -0.25) is 9.48 Å². The average molecular weight is 162 g/mol. The lowest BCUT2D eigenvalue weighted by molar-refractivity contribution is 0.112. The number of hydrogen-bond acceptors (Lipinski definition) is 2. The van der Waals surface area contributed by atoms with Crippen molar-refractivity contribution in [3.63, 3.8) is 0 Å². The summed E-state index contributed by atoms with van der Waals surface area (Å²) in [6, 6.07) is 0. The Morgan fingerprint density at radius 2 is 2.50 bits per heavy atom. The number of aromatic nitrogens is 2. The fourth-order valence-corrected chi connectivity index (χ4v) is 0.890. The van der Waals surface area contributed by atoms with E-state index in [2.05, 4.69) is 16.9 Å². The molecule has 0 aliphatic rings. The van der Waals surface area contributed by atoms with Crippen LogP contribution in [0.1, 0.15) is 23.0 Å². The smallest absolute Gasteiger partial charge is 0.153 e. The van der Waals surface area contributed by atoms with Crippen molar-refractivity contribution in [2.24, 2.45) is 0 Å². The fourth-order valence-electron chi connectivity index (χ4n) is 0.890. The summed E-state index contributed by atoms with van der Waals surface area (Å²) in [5, 5.41) is 4.10. The van der Waals surface area contributed by atoms with Crippen LogP contribution in [0.15, 0.2) is 6.20 Å². The Morgan fingerprint density at radius 1 is 1.75 bits per heavy atom. The zero-order valence-corrected chi connectivity index (χ0v) is 7.16. The van der Waals surface area contributed by atoms with E-state index in [0.29, 0.717) is 12.1 Å². The number of carbonyl (C=O) groups is 1. The first kappa shape index (κ1) is 8.54. The first-order valence-corrected chi connectivity index (χ1v) is 3.66. The summed E-state index contributed by atoms with van der Waals surface area (Å²) in [5.74, 6) is 5.63. The number of nitrogens with zero attached hydrogens (tertiary/aromatic N) is 2. The van der Waals surface area contributed by atoms with Crippen molar-refractivity contribution in [1.29, 1.82) is 0 Å². The van der Waals surface area contributed by atoms with Crippen molar-refractivity contribution >= 4 is 6.29 Å². The molecule has 3 nitrogen and oxygen atoms in total. The van der Waals surface area contributed by atoms with Crippen LogP contribution in [-0.2, 0) is 6.54 Å². The number of aryl methyl sites for hydroxylation is 1. The third-order valence-corrected chi connectivity index (χ3v) is 1.53. The molecule has 0 N–H and O–H groups in total. The van der Waals surface area contributed by atoms with Gasteiger partial charge >= 0.3 is 0 Å². The van der Waals surface area contributed by atoms with Crippen LogP contribution in [0.4, 0.5) is 0 Å². The summed E-state index contributed by atoms with van der Waals surface area (Å²) in [6.07, 6.45) is 2.50. The highest BCUT2D eigenvalue weighted by atomic mass is 16.1. The molecule has 0 amide bonds. The average Bonchev–Trinajstić information content (AvgIpc) is 2.43. The molecule has 0 aliphatic carbocycles. The molecule has 0 radical (unpaired) electrons. The summed E-state index contributed by atoms with van der Waals surface area (Å²) in [4.78, 5) is 10.4. The first-order chi connectivity index (χ1) is 5.77. The predicted octanol–water partition coefficient (Wildman–Crippen LogP) is 1.03. The van der Waals surface area contributed by atoms with Crippen molar-refractivity contribution in [3.05, 3.63) is 17.5 Å². The van der Waals surface area contributed by atoms with Crippen LogP contribution < -0.4 is 0 Å². The minimum absolute atomic E-state index is 0.547. The molecule has 0 atom stereocenters. The predicted molar refractivity (Wildman–Crippen MR) is 45.8 cm³/mol. The quantitative estimate of drug-likeness (QED) is 0.481. The van der Waals surface area contributed by atoms with Crippen LogP contribution in [0, 0.1) is 18.8 Å². The molecule has 1 aromatic rings. The molecule has 0 bridgehead atoms. The van der Waals surface area contributed by atoms with Gasteiger partial charge in [-0.15, -0.1) is 5.92 Å². The summed E-state index contributed by atoms with van der Waals surface area (Å²) < 4.78 is 1.66. The van der Waals surface area contributed by atoms with E-state index in [1.165, 1.54) is 0 Å². The third-order valence-electron chi connectivity index (χ3n) is 1.53. The molecule has 0 unspecified atom stereocenters. The molecule has 0 aliphatic heterocycles. The fraction of sp³-hybridized carbons (Fsp3) is 0.333. The van der Waals surface area contributed by atoms with Gasteiger partial charge in [0.1, 0.15) is 6.54 Å². The van der Waals surface area contributed by atoms with Gasteiger partial charge in [-0.25, -0.2) is 0 Å². The highest BCUT2D eigenvalue weighted by Gasteiger charge is 2.00. The SMILES string of the molecule is CC#CCn1cc(C=O)c(C)n1. The largest absolute Gasteiger partial charge is 0.298 e. The summed E-state index contributed by atoms with van der Waals surface area (Å²) >= 11 is 0. The van der Waals surface area contributed by atoms with Gasteiger partial charge in [0, 0.05) is 6.20 Å². The summed E-state index contributed by atoms with van der Waals surface area (Å²) in [7, 11) is 0. The van der Waals surface area contributed by atoms with Crippen LogP contribution >= 0.6 is 0 Å². The second-order valence-corrected chi connectivity index (χ2v) is 2.41. The second kappa shape index (κ2) is 3.72. The Bertz CT molecular complexity index is 341. The van der Waals surface area contributed by atoms with Crippen LogP contribution in [0.3, 0.4) is 0 Å².